The molecule has 3 aliphatic rings. The van der Waals surface area contributed by atoms with Gasteiger partial charge in [-0.15, -0.1) is 0 Å². The van der Waals surface area contributed by atoms with Crippen LogP contribution in [0.25, 0.3) is 0 Å². The minimum Gasteiger partial charge on any atom is -0.342 e. The van der Waals surface area contributed by atoms with Gasteiger partial charge in [0.1, 0.15) is 0 Å². The van der Waals surface area contributed by atoms with E-state index in [-0.39, 0.29) is 11.8 Å². The molecule has 7 heteroatoms. The van der Waals surface area contributed by atoms with E-state index in [1.54, 1.807) is 4.31 Å². The van der Waals surface area contributed by atoms with Crippen LogP contribution in [0.3, 0.4) is 0 Å². The van der Waals surface area contributed by atoms with E-state index in [1.807, 2.05) is 37.8 Å². The highest BCUT2D eigenvalue weighted by Crippen LogP contribution is 2.30. The highest BCUT2D eigenvalue weighted by molar-refractivity contribution is 7.89. The standard InChI is InChI=1S/C24H37N3O3S/c1-18-16-19(2)23(20(3)17-18)31(29,30)27-14-6-21(7-15-27)24(28)26-12-8-22(9-13-26)25-10-4-5-11-25/h16-17,21-22H,4-15H2,1-3H3. The maximum absolute atomic E-state index is 13.3. The van der Waals surface area contributed by atoms with Gasteiger partial charge in [-0.1, -0.05) is 17.7 Å². The number of carbonyl (C=O) groups excluding carboxylic acids is 1. The molecule has 0 unspecified atom stereocenters. The molecule has 1 aromatic carbocycles. The molecule has 4 rings (SSSR count). The van der Waals surface area contributed by atoms with E-state index in [0.717, 1.165) is 42.6 Å². The molecule has 1 amide bonds. The largest absolute Gasteiger partial charge is 0.342 e. The fourth-order valence-corrected chi connectivity index (χ4v) is 7.74. The zero-order valence-electron chi connectivity index (χ0n) is 19.3. The maximum atomic E-state index is 13.3. The Morgan fingerprint density at radius 2 is 1.39 bits per heavy atom. The zero-order valence-corrected chi connectivity index (χ0v) is 20.1. The van der Waals surface area contributed by atoms with Crippen LogP contribution in [-0.4, -0.2) is 73.7 Å². The van der Waals surface area contributed by atoms with E-state index >= 15 is 0 Å². The molecule has 3 saturated heterocycles. The highest BCUT2D eigenvalue weighted by Gasteiger charge is 2.36. The highest BCUT2D eigenvalue weighted by atomic mass is 32.2. The number of piperidine rings is 2. The molecule has 3 fully saturated rings. The Balaban J connectivity index is 1.34. The van der Waals surface area contributed by atoms with Crippen molar-refractivity contribution in [3.63, 3.8) is 0 Å². The fourth-order valence-electron chi connectivity index (χ4n) is 5.86. The number of rotatable bonds is 4. The topological polar surface area (TPSA) is 60.9 Å². The Labute approximate surface area is 187 Å². The van der Waals surface area contributed by atoms with Gasteiger partial charge in [-0.2, -0.15) is 4.31 Å². The molecule has 31 heavy (non-hydrogen) atoms. The summed E-state index contributed by atoms with van der Waals surface area (Å²) in [7, 11) is -3.53. The van der Waals surface area contributed by atoms with Crippen molar-refractivity contribution in [2.24, 2.45) is 5.92 Å². The van der Waals surface area contributed by atoms with Crippen molar-refractivity contribution in [2.45, 2.75) is 70.2 Å². The summed E-state index contributed by atoms with van der Waals surface area (Å²) in [6.07, 6.45) is 6.00. The summed E-state index contributed by atoms with van der Waals surface area (Å²) in [6.45, 7) is 10.7. The zero-order chi connectivity index (χ0) is 22.2. The Bertz CT molecular complexity index is 885. The molecule has 3 aliphatic heterocycles. The van der Waals surface area contributed by atoms with E-state index in [1.165, 1.54) is 25.9 Å². The van der Waals surface area contributed by atoms with Crippen LogP contribution < -0.4 is 0 Å². The molecule has 172 valence electrons. The summed E-state index contributed by atoms with van der Waals surface area (Å²) in [5.74, 6) is 0.189. The Morgan fingerprint density at radius 1 is 0.839 bits per heavy atom. The molecule has 0 aliphatic carbocycles. The van der Waals surface area contributed by atoms with E-state index in [2.05, 4.69) is 4.90 Å². The third kappa shape index (κ3) is 4.69. The lowest BCUT2D eigenvalue weighted by Crippen LogP contribution is -2.49. The summed E-state index contributed by atoms with van der Waals surface area (Å²) < 4.78 is 28.2. The molecule has 0 radical (unpaired) electrons. The van der Waals surface area contributed by atoms with Crippen molar-refractivity contribution in [1.29, 1.82) is 0 Å². The average molecular weight is 448 g/mol. The molecule has 0 aromatic heterocycles. The van der Waals surface area contributed by atoms with E-state index in [4.69, 9.17) is 0 Å². The van der Waals surface area contributed by atoms with Gasteiger partial charge in [0, 0.05) is 38.1 Å². The lowest BCUT2D eigenvalue weighted by molar-refractivity contribution is -0.138. The lowest BCUT2D eigenvalue weighted by atomic mass is 9.94. The Kier molecular flexibility index (Phi) is 6.75. The van der Waals surface area contributed by atoms with Crippen LogP contribution in [0.1, 0.15) is 55.2 Å². The van der Waals surface area contributed by atoms with Crippen LogP contribution in [0.5, 0.6) is 0 Å². The van der Waals surface area contributed by atoms with Crippen LogP contribution in [0.2, 0.25) is 0 Å². The second kappa shape index (κ2) is 9.20. The van der Waals surface area contributed by atoms with Gasteiger partial charge in [0.15, 0.2) is 0 Å². The number of nitrogens with zero attached hydrogens (tertiary/aromatic N) is 3. The molecule has 1 aromatic rings. The van der Waals surface area contributed by atoms with Gasteiger partial charge in [-0.3, -0.25) is 4.79 Å². The predicted molar refractivity (Wildman–Crippen MR) is 123 cm³/mol. The van der Waals surface area contributed by atoms with Crippen LogP contribution in [-0.2, 0) is 14.8 Å². The number of hydrogen-bond acceptors (Lipinski definition) is 4. The van der Waals surface area contributed by atoms with Crippen LogP contribution in [0.15, 0.2) is 17.0 Å². The number of amides is 1. The van der Waals surface area contributed by atoms with Gasteiger partial charge in [0.25, 0.3) is 0 Å². The predicted octanol–water partition coefficient (Wildman–Crippen LogP) is 3.10. The van der Waals surface area contributed by atoms with Crippen molar-refractivity contribution in [1.82, 2.24) is 14.1 Å². The minimum atomic E-state index is -3.53. The molecule has 0 atom stereocenters. The molecule has 0 spiro atoms. The molecule has 0 N–H and O–H groups in total. The first-order valence-corrected chi connectivity index (χ1v) is 13.3. The van der Waals surface area contributed by atoms with Gasteiger partial charge >= 0.3 is 0 Å². The third-order valence-electron chi connectivity index (χ3n) is 7.44. The van der Waals surface area contributed by atoms with Gasteiger partial charge in [0.05, 0.1) is 4.90 Å². The second-order valence-electron chi connectivity index (χ2n) is 9.71. The van der Waals surface area contributed by atoms with Crippen molar-refractivity contribution in [3.8, 4) is 0 Å². The smallest absolute Gasteiger partial charge is 0.243 e. The molecule has 3 heterocycles. The number of hydrogen-bond donors (Lipinski definition) is 0. The Morgan fingerprint density at radius 3 is 1.94 bits per heavy atom. The SMILES string of the molecule is Cc1cc(C)c(S(=O)(=O)N2CCC(C(=O)N3CCC(N4CCCC4)CC3)CC2)c(C)c1. The number of sulfonamides is 1. The number of carbonyl (C=O) groups is 1. The molecular formula is C24H37N3O3S. The number of aryl methyl sites for hydroxylation is 3. The quantitative estimate of drug-likeness (QED) is 0.712. The normalized spacial score (nSPS) is 22.9. The monoisotopic (exact) mass is 447 g/mol. The van der Waals surface area contributed by atoms with Gasteiger partial charge in [-0.05, 0) is 83.5 Å². The second-order valence-corrected chi connectivity index (χ2v) is 11.6. The van der Waals surface area contributed by atoms with Crippen molar-refractivity contribution in [2.75, 3.05) is 39.3 Å². The average Bonchev–Trinajstić information content (AvgIpc) is 3.27. The van der Waals surface area contributed by atoms with Crippen LogP contribution in [0.4, 0.5) is 0 Å². The fraction of sp³-hybridized carbons (Fsp3) is 0.708. The number of benzene rings is 1. The maximum Gasteiger partial charge on any atom is 0.243 e. The van der Waals surface area contributed by atoms with Gasteiger partial charge < -0.3 is 9.80 Å². The summed E-state index contributed by atoms with van der Waals surface area (Å²) >= 11 is 0. The van der Waals surface area contributed by atoms with Crippen LogP contribution in [0, 0.1) is 26.7 Å². The summed E-state index contributed by atoms with van der Waals surface area (Å²) in [5, 5.41) is 0. The first kappa shape index (κ1) is 22.7. The Hall–Kier alpha value is -1.44. The molecular weight excluding hydrogens is 410 g/mol. The van der Waals surface area contributed by atoms with Crippen molar-refractivity contribution >= 4 is 15.9 Å². The van der Waals surface area contributed by atoms with E-state index in [9.17, 15) is 13.2 Å². The van der Waals surface area contributed by atoms with Gasteiger partial charge in [-0.25, -0.2) is 8.42 Å². The van der Waals surface area contributed by atoms with Crippen molar-refractivity contribution in [3.05, 3.63) is 28.8 Å². The minimum absolute atomic E-state index is 0.0463. The van der Waals surface area contributed by atoms with E-state index in [0.29, 0.717) is 36.9 Å². The number of likely N-dealkylation sites (tertiary alicyclic amines) is 2. The van der Waals surface area contributed by atoms with E-state index < -0.39 is 10.0 Å². The van der Waals surface area contributed by atoms with Crippen LogP contribution >= 0.6 is 0 Å². The molecule has 0 bridgehead atoms. The third-order valence-corrected chi connectivity index (χ3v) is 9.64. The molecule has 0 saturated carbocycles. The van der Waals surface area contributed by atoms with Gasteiger partial charge in [0.2, 0.25) is 15.9 Å². The summed E-state index contributed by atoms with van der Waals surface area (Å²) in [6, 6.07) is 4.50. The molecule has 6 nitrogen and oxygen atoms in total. The van der Waals surface area contributed by atoms with Crippen molar-refractivity contribution < 1.29 is 13.2 Å². The first-order chi connectivity index (χ1) is 14.8. The lowest BCUT2D eigenvalue weighted by Gasteiger charge is -2.39. The summed E-state index contributed by atoms with van der Waals surface area (Å²) in [5.41, 5.74) is 2.68. The summed E-state index contributed by atoms with van der Waals surface area (Å²) in [4.78, 5) is 18.2. The first-order valence-electron chi connectivity index (χ1n) is 11.9.